The van der Waals surface area contributed by atoms with E-state index in [4.69, 9.17) is 5.11 Å². The van der Waals surface area contributed by atoms with Crippen LogP contribution in [0.25, 0.3) is 0 Å². The number of carboxylic acid groups (broad SMARTS) is 1. The summed E-state index contributed by atoms with van der Waals surface area (Å²) in [4.78, 5) is 26.2. The van der Waals surface area contributed by atoms with Gasteiger partial charge >= 0.3 is 11.9 Å². The lowest BCUT2D eigenvalue weighted by atomic mass is 10.1. The lowest BCUT2D eigenvalue weighted by Crippen LogP contribution is -2.23. The van der Waals surface area contributed by atoms with Crippen LogP contribution in [0.15, 0.2) is 29.6 Å². The van der Waals surface area contributed by atoms with Crippen molar-refractivity contribution in [2.24, 2.45) is 0 Å². The second-order valence-corrected chi connectivity index (χ2v) is 5.41. The Morgan fingerprint density at radius 3 is 2.86 bits per heavy atom. The monoisotopic (exact) mass is 308 g/mol. The van der Waals surface area contributed by atoms with Gasteiger partial charge in [-0.05, 0) is 23.6 Å². The third-order valence-electron chi connectivity index (χ3n) is 2.96. The maximum absolute atomic E-state index is 11.3. The highest BCUT2D eigenvalue weighted by molar-refractivity contribution is 7.10. The van der Waals surface area contributed by atoms with Crippen molar-refractivity contribution >= 4 is 23.3 Å². The molecule has 3 N–H and O–H groups in total. The summed E-state index contributed by atoms with van der Waals surface area (Å²) in [5.41, 5.74) is 1.17. The Labute approximate surface area is 125 Å². The van der Waals surface area contributed by atoms with Crippen LogP contribution in [-0.2, 0) is 16.1 Å². The van der Waals surface area contributed by atoms with Crippen molar-refractivity contribution in [2.45, 2.75) is 19.0 Å². The van der Waals surface area contributed by atoms with Gasteiger partial charge in [-0.1, -0.05) is 6.07 Å². The zero-order chi connectivity index (χ0) is 15.2. The molecule has 0 saturated carbocycles. The van der Waals surface area contributed by atoms with Gasteiger partial charge in [0.2, 0.25) is 0 Å². The molecule has 2 heterocycles. The third-order valence-corrected chi connectivity index (χ3v) is 3.94. The van der Waals surface area contributed by atoms with E-state index < -0.39 is 11.9 Å². The number of carbonyl (C=O) groups excluding carboxylic acids is 1. The molecule has 0 bridgehead atoms. The van der Waals surface area contributed by atoms with E-state index in [1.807, 2.05) is 17.5 Å². The van der Waals surface area contributed by atoms with Crippen molar-refractivity contribution in [1.29, 1.82) is 0 Å². The van der Waals surface area contributed by atoms with Crippen LogP contribution in [0.5, 0.6) is 0 Å². The first-order valence-electron chi connectivity index (χ1n) is 6.35. The third kappa shape index (κ3) is 4.17. The number of aromatic nitrogens is 1. The molecule has 2 aromatic rings. The number of thiophene rings is 1. The Hall–Kier alpha value is -2.12. The van der Waals surface area contributed by atoms with Crippen LogP contribution in [0.4, 0.5) is 0 Å². The Balaban J connectivity index is 2.00. The summed E-state index contributed by atoms with van der Waals surface area (Å²) in [6, 6.07) is 6.94. The zero-order valence-corrected chi connectivity index (χ0v) is 12.3. The van der Waals surface area contributed by atoms with Gasteiger partial charge in [-0.3, -0.25) is 4.79 Å². The number of aromatic amines is 1. The standard InChI is InChI=1S/C14H16N2O4S/c1-20-14(19)10-5-4-9(16-10)8-15-11(7-13(17)18)12-3-2-6-21-12/h2-6,11,15-16H,7-8H2,1H3,(H,17,18). The molecule has 2 rings (SSSR count). The first kappa shape index (κ1) is 15.3. The number of ether oxygens (including phenoxy) is 1. The highest BCUT2D eigenvalue weighted by atomic mass is 32.1. The fourth-order valence-electron chi connectivity index (χ4n) is 1.94. The van der Waals surface area contributed by atoms with Crippen molar-refractivity contribution in [2.75, 3.05) is 7.11 Å². The molecule has 0 spiro atoms. The highest BCUT2D eigenvalue weighted by Gasteiger charge is 2.16. The van der Waals surface area contributed by atoms with E-state index in [1.54, 1.807) is 12.1 Å². The van der Waals surface area contributed by atoms with E-state index in [1.165, 1.54) is 18.4 Å². The molecule has 21 heavy (non-hydrogen) atoms. The molecule has 0 saturated heterocycles. The average Bonchev–Trinajstić information content (AvgIpc) is 3.13. The molecule has 0 radical (unpaired) electrons. The summed E-state index contributed by atoms with van der Waals surface area (Å²) in [5.74, 6) is -1.29. The minimum absolute atomic E-state index is 0.00504. The molecule has 7 heteroatoms. The van der Waals surface area contributed by atoms with E-state index in [-0.39, 0.29) is 12.5 Å². The van der Waals surface area contributed by atoms with Gasteiger partial charge in [-0.25, -0.2) is 4.79 Å². The maximum Gasteiger partial charge on any atom is 0.354 e. The number of hydrogen-bond donors (Lipinski definition) is 3. The Morgan fingerprint density at radius 2 is 2.24 bits per heavy atom. The van der Waals surface area contributed by atoms with Crippen LogP contribution in [0.3, 0.4) is 0 Å². The summed E-state index contributed by atoms with van der Waals surface area (Å²) >= 11 is 1.51. The van der Waals surface area contributed by atoms with E-state index in [0.717, 1.165) is 10.6 Å². The van der Waals surface area contributed by atoms with Crippen LogP contribution in [0.1, 0.15) is 33.5 Å². The number of H-pyrrole nitrogens is 1. The van der Waals surface area contributed by atoms with Crippen molar-refractivity contribution in [3.63, 3.8) is 0 Å². The van der Waals surface area contributed by atoms with Gasteiger partial charge in [0.05, 0.1) is 19.6 Å². The second-order valence-electron chi connectivity index (χ2n) is 4.44. The average molecular weight is 308 g/mol. The normalized spacial score (nSPS) is 12.0. The zero-order valence-electron chi connectivity index (χ0n) is 11.5. The fraction of sp³-hybridized carbons (Fsp3) is 0.286. The molecule has 0 aliphatic carbocycles. The maximum atomic E-state index is 11.3. The first-order valence-corrected chi connectivity index (χ1v) is 7.23. The fourth-order valence-corrected chi connectivity index (χ4v) is 2.75. The van der Waals surface area contributed by atoms with Gasteiger partial charge in [0, 0.05) is 17.1 Å². The Morgan fingerprint density at radius 1 is 1.43 bits per heavy atom. The molecule has 0 aromatic carbocycles. The van der Waals surface area contributed by atoms with Crippen LogP contribution in [0.2, 0.25) is 0 Å². The van der Waals surface area contributed by atoms with Gasteiger partial charge in [0.1, 0.15) is 5.69 Å². The van der Waals surface area contributed by atoms with Crippen LogP contribution >= 0.6 is 11.3 Å². The van der Waals surface area contributed by atoms with E-state index in [0.29, 0.717) is 12.2 Å². The number of nitrogens with one attached hydrogen (secondary N) is 2. The van der Waals surface area contributed by atoms with E-state index in [9.17, 15) is 9.59 Å². The molecular formula is C14H16N2O4S. The van der Waals surface area contributed by atoms with Crippen molar-refractivity contribution in [3.05, 3.63) is 45.9 Å². The number of carbonyl (C=O) groups is 2. The first-order chi connectivity index (χ1) is 10.1. The smallest absolute Gasteiger partial charge is 0.354 e. The number of rotatable bonds is 7. The predicted molar refractivity (Wildman–Crippen MR) is 78.3 cm³/mol. The van der Waals surface area contributed by atoms with Crippen LogP contribution in [0, 0.1) is 0 Å². The number of aliphatic carboxylic acids is 1. The van der Waals surface area contributed by atoms with Gasteiger partial charge in [-0.15, -0.1) is 11.3 Å². The Bertz CT molecular complexity index is 606. The van der Waals surface area contributed by atoms with Crippen LogP contribution < -0.4 is 5.32 Å². The van der Waals surface area contributed by atoms with Crippen molar-refractivity contribution in [1.82, 2.24) is 10.3 Å². The molecule has 6 nitrogen and oxygen atoms in total. The van der Waals surface area contributed by atoms with Gasteiger partial charge in [-0.2, -0.15) is 0 Å². The number of hydrogen-bond acceptors (Lipinski definition) is 5. The summed E-state index contributed by atoms with van der Waals surface area (Å²) in [7, 11) is 1.32. The molecule has 2 aromatic heterocycles. The second kappa shape index (κ2) is 7.05. The quantitative estimate of drug-likeness (QED) is 0.682. The molecule has 0 aliphatic rings. The lowest BCUT2D eigenvalue weighted by molar-refractivity contribution is -0.137. The summed E-state index contributed by atoms with van der Waals surface area (Å²) in [5, 5.41) is 14.1. The molecular weight excluding hydrogens is 292 g/mol. The van der Waals surface area contributed by atoms with Gasteiger partial charge in [0.15, 0.2) is 0 Å². The minimum atomic E-state index is -0.859. The summed E-state index contributed by atoms with van der Waals surface area (Å²) in [6.07, 6.45) is 0.00504. The van der Waals surface area contributed by atoms with Gasteiger partial charge < -0.3 is 20.1 Å². The number of esters is 1. The van der Waals surface area contributed by atoms with E-state index in [2.05, 4.69) is 15.0 Å². The highest BCUT2D eigenvalue weighted by Crippen LogP contribution is 2.22. The largest absolute Gasteiger partial charge is 0.481 e. The van der Waals surface area contributed by atoms with Crippen molar-refractivity contribution in [3.8, 4) is 0 Å². The van der Waals surface area contributed by atoms with Crippen LogP contribution in [-0.4, -0.2) is 29.1 Å². The molecule has 0 aliphatic heterocycles. The predicted octanol–water partition coefficient (Wildman–Crippen LogP) is 2.17. The lowest BCUT2D eigenvalue weighted by Gasteiger charge is -2.14. The summed E-state index contributed by atoms with van der Waals surface area (Å²) in [6.45, 7) is 0.437. The topological polar surface area (TPSA) is 91.4 Å². The molecule has 0 fully saturated rings. The molecule has 112 valence electrons. The molecule has 1 atom stereocenters. The number of methoxy groups -OCH3 is 1. The van der Waals surface area contributed by atoms with E-state index >= 15 is 0 Å². The van der Waals surface area contributed by atoms with Crippen molar-refractivity contribution < 1.29 is 19.4 Å². The van der Waals surface area contributed by atoms with Gasteiger partial charge in [0.25, 0.3) is 0 Å². The Kier molecular flexibility index (Phi) is 5.13. The molecule has 1 unspecified atom stereocenters. The number of carboxylic acids is 1. The SMILES string of the molecule is COC(=O)c1ccc(CNC(CC(=O)O)c2cccs2)[nH]1. The molecule has 0 amide bonds. The minimum Gasteiger partial charge on any atom is -0.481 e. The summed E-state index contributed by atoms with van der Waals surface area (Å²) < 4.78 is 4.62.